The van der Waals surface area contributed by atoms with Gasteiger partial charge in [-0.3, -0.25) is 10.4 Å². The summed E-state index contributed by atoms with van der Waals surface area (Å²) in [4.78, 5) is 4.36. The normalized spacial score (nSPS) is 27.2. The average Bonchev–Trinajstić information content (AvgIpc) is 2.83. The zero-order valence-electron chi connectivity index (χ0n) is 8.51. The molecule has 13 heavy (non-hydrogen) atoms. The highest BCUT2D eigenvalue weighted by Crippen LogP contribution is 2.37. The van der Waals surface area contributed by atoms with Gasteiger partial charge >= 0.3 is 0 Å². The second-order valence-electron chi connectivity index (χ2n) is 3.73. The predicted molar refractivity (Wildman–Crippen MR) is 55.2 cm³/mol. The standard InChI is InChI=1S/C9H20N4/c1-3-4-11-9(13-10)12-6-8-5-7(8)2/h7-8H,3-6,10H2,1-2H3,(H2,11,12,13). The molecule has 0 heterocycles. The highest BCUT2D eigenvalue weighted by atomic mass is 15.3. The average molecular weight is 184 g/mol. The van der Waals surface area contributed by atoms with Crippen molar-refractivity contribution < 1.29 is 0 Å². The molecule has 0 spiro atoms. The first-order chi connectivity index (χ1) is 6.27. The summed E-state index contributed by atoms with van der Waals surface area (Å²) in [7, 11) is 0. The van der Waals surface area contributed by atoms with Gasteiger partial charge < -0.3 is 5.32 Å². The largest absolute Gasteiger partial charge is 0.355 e. The summed E-state index contributed by atoms with van der Waals surface area (Å²) in [6, 6.07) is 0. The van der Waals surface area contributed by atoms with Crippen LogP contribution in [-0.4, -0.2) is 19.0 Å². The van der Waals surface area contributed by atoms with Gasteiger partial charge in [-0.05, 0) is 24.7 Å². The van der Waals surface area contributed by atoms with Crippen LogP contribution >= 0.6 is 0 Å². The third-order valence-corrected chi connectivity index (χ3v) is 2.44. The summed E-state index contributed by atoms with van der Waals surface area (Å²) in [5.74, 6) is 7.67. The second kappa shape index (κ2) is 5.07. The molecular formula is C9H20N4. The van der Waals surface area contributed by atoms with E-state index in [1.54, 1.807) is 0 Å². The molecule has 0 aromatic carbocycles. The van der Waals surface area contributed by atoms with E-state index in [0.717, 1.165) is 37.3 Å². The molecular weight excluding hydrogens is 164 g/mol. The second-order valence-corrected chi connectivity index (χ2v) is 3.73. The lowest BCUT2D eigenvalue weighted by atomic mass is 10.3. The number of hydrazine groups is 1. The van der Waals surface area contributed by atoms with E-state index in [4.69, 9.17) is 5.84 Å². The highest BCUT2D eigenvalue weighted by Gasteiger charge is 2.31. The molecule has 0 saturated heterocycles. The van der Waals surface area contributed by atoms with Crippen molar-refractivity contribution in [1.29, 1.82) is 0 Å². The molecule has 1 fully saturated rings. The number of nitrogens with two attached hydrogens (primary N) is 1. The Bertz CT molecular complexity index is 178. The van der Waals surface area contributed by atoms with E-state index in [1.165, 1.54) is 6.42 Å². The van der Waals surface area contributed by atoms with E-state index in [1.807, 2.05) is 0 Å². The van der Waals surface area contributed by atoms with Crippen molar-refractivity contribution in [2.45, 2.75) is 26.7 Å². The Kier molecular flexibility index (Phi) is 4.02. The first-order valence-electron chi connectivity index (χ1n) is 5.02. The zero-order valence-corrected chi connectivity index (χ0v) is 8.51. The third kappa shape index (κ3) is 3.63. The Morgan fingerprint density at radius 2 is 2.31 bits per heavy atom. The molecule has 0 aromatic heterocycles. The van der Waals surface area contributed by atoms with Crippen molar-refractivity contribution in [3.05, 3.63) is 0 Å². The number of aliphatic imine (C=N–C) groups is 1. The number of hydrogen-bond donors (Lipinski definition) is 3. The number of nitrogens with zero attached hydrogens (tertiary/aromatic N) is 1. The van der Waals surface area contributed by atoms with Crippen LogP contribution in [0.4, 0.5) is 0 Å². The Hall–Kier alpha value is -0.770. The van der Waals surface area contributed by atoms with E-state index in [0.29, 0.717) is 0 Å². The molecule has 2 atom stereocenters. The number of nitrogens with one attached hydrogen (secondary N) is 2. The van der Waals surface area contributed by atoms with Crippen molar-refractivity contribution in [1.82, 2.24) is 10.7 Å². The SMILES string of the molecule is CCCNC(=NCC1CC1C)NN. The highest BCUT2D eigenvalue weighted by molar-refractivity contribution is 5.79. The van der Waals surface area contributed by atoms with Crippen LogP contribution in [0.1, 0.15) is 26.7 Å². The molecule has 4 N–H and O–H groups in total. The lowest BCUT2D eigenvalue weighted by Gasteiger charge is -2.07. The van der Waals surface area contributed by atoms with Gasteiger partial charge in [-0.25, -0.2) is 5.84 Å². The van der Waals surface area contributed by atoms with Crippen LogP contribution in [0, 0.1) is 11.8 Å². The van der Waals surface area contributed by atoms with E-state index >= 15 is 0 Å². The summed E-state index contributed by atoms with van der Waals surface area (Å²) < 4.78 is 0. The fourth-order valence-electron chi connectivity index (χ4n) is 1.26. The van der Waals surface area contributed by atoms with Crippen LogP contribution in [0.2, 0.25) is 0 Å². The molecule has 4 heteroatoms. The van der Waals surface area contributed by atoms with E-state index in [9.17, 15) is 0 Å². The van der Waals surface area contributed by atoms with Gasteiger partial charge in [-0.1, -0.05) is 13.8 Å². The fraction of sp³-hybridized carbons (Fsp3) is 0.889. The Morgan fingerprint density at radius 3 is 2.77 bits per heavy atom. The summed E-state index contributed by atoms with van der Waals surface area (Å²) in [6.45, 7) is 6.19. The molecule has 1 saturated carbocycles. The van der Waals surface area contributed by atoms with Crippen LogP contribution in [0.3, 0.4) is 0 Å². The smallest absolute Gasteiger partial charge is 0.205 e. The zero-order chi connectivity index (χ0) is 9.68. The van der Waals surface area contributed by atoms with Gasteiger partial charge in [0.2, 0.25) is 5.96 Å². The van der Waals surface area contributed by atoms with Crippen molar-refractivity contribution in [2.75, 3.05) is 13.1 Å². The summed E-state index contributed by atoms with van der Waals surface area (Å²) >= 11 is 0. The van der Waals surface area contributed by atoms with Crippen LogP contribution in [-0.2, 0) is 0 Å². The van der Waals surface area contributed by atoms with Crippen LogP contribution in [0.5, 0.6) is 0 Å². The molecule has 1 rings (SSSR count). The third-order valence-electron chi connectivity index (χ3n) is 2.44. The van der Waals surface area contributed by atoms with Gasteiger partial charge in [0.25, 0.3) is 0 Å². The van der Waals surface area contributed by atoms with Gasteiger partial charge in [0, 0.05) is 13.1 Å². The van der Waals surface area contributed by atoms with Gasteiger partial charge in [0.05, 0.1) is 0 Å². The molecule has 1 aliphatic carbocycles. The maximum atomic E-state index is 5.31. The lowest BCUT2D eigenvalue weighted by molar-refractivity contribution is 0.737. The molecule has 0 aromatic rings. The van der Waals surface area contributed by atoms with Crippen molar-refractivity contribution >= 4 is 5.96 Å². The first-order valence-corrected chi connectivity index (χ1v) is 5.02. The summed E-state index contributed by atoms with van der Waals surface area (Å²) in [5, 5.41) is 3.13. The van der Waals surface area contributed by atoms with Crippen LogP contribution in [0.25, 0.3) is 0 Å². The fourth-order valence-corrected chi connectivity index (χ4v) is 1.26. The van der Waals surface area contributed by atoms with Crippen molar-refractivity contribution in [3.63, 3.8) is 0 Å². The van der Waals surface area contributed by atoms with E-state index < -0.39 is 0 Å². The summed E-state index contributed by atoms with van der Waals surface area (Å²) in [6.07, 6.45) is 2.40. The van der Waals surface area contributed by atoms with Crippen LogP contribution < -0.4 is 16.6 Å². The Morgan fingerprint density at radius 1 is 1.62 bits per heavy atom. The van der Waals surface area contributed by atoms with Gasteiger partial charge in [0.1, 0.15) is 0 Å². The minimum Gasteiger partial charge on any atom is -0.355 e. The topological polar surface area (TPSA) is 62.4 Å². The minimum atomic E-state index is 0.723. The van der Waals surface area contributed by atoms with Gasteiger partial charge in [0.15, 0.2) is 0 Å². The van der Waals surface area contributed by atoms with Gasteiger partial charge in [-0.2, -0.15) is 0 Å². The molecule has 76 valence electrons. The quantitative estimate of drug-likeness (QED) is 0.257. The van der Waals surface area contributed by atoms with Crippen LogP contribution in [0.15, 0.2) is 4.99 Å². The number of guanidine groups is 1. The Balaban J connectivity index is 2.19. The number of rotatable bonds is 4. The lowest BCUT2D eigenvalue weighted by Crippen LogP contribution is -2.42. The molecule has 4 nitrogen and oxygen atoms in total. The van der Waals surface area contributed by atoms with E-state index in [2.05, 4.69) is 29.6 Å². The molecule has 0 amide bonds. The van der Waals surface area contributed by atoms with Gasteiger partial charge in [-0.15, -0.1) is 0 Å². The monoisotopic (exact) mass is 184 g/mol. The first kappa shape index (κ1) is 10.3. The van der Waals surface area contributed by atoms with Crippen molar-refractivity contribution in [2.24, 2.45) is 22.7 Å². The number of hydrogen-bond acceptors (Lipinski definition) is 2. The molecule has 0 radical (unpaired) electrons. The molecule has 1 aliphatic rings. The maximum absolute atomic E-state index is 5.31. The predicted octanol–water partition coefficient (Wildman–Crippen LogP) is 0.461. The molecule has 0 bridgehead atoms. The Labute approximate surface area is 80.0 Å². The molecule has 2 unspecified atom stereocenters. The maximum Gasteiger partial charge on any atom is 0.205 e. The molecule has 0 aliphatic heterocycles. The minimum absolute atomic E-state index is 0.723. The summed E-state index contributed by atoms with van der Waals surface area (Å²) in [5.41, 5.74) is 2.57. The van der Waals surface area contributed by atoms with Crippen molar-refractivity contribution in [3.8, 4) is 0 Å². The van der Waals surface area contributed by atoms with E-state index in [-0.39, 0.29) is 0 Å².